The fourth-order valence-corrected chi connectivity index (χ4v) is 2.07. The summed E-state index contributed by atoms with van der Waals surface area (Å²) in [6.07, 6.45) is -0.533. The number of carbonyl (C=O) groups is 2. The molecule has 2 N–H and O–H groups in total. The van der Waals surface area contributed by atoms with Gasteiger partial charge in [-0.25, -0.2) is 4.79 Å². The summed E-state index contributed by atoms with van der Waals surface area (Å²) < 4.78 is 10.1. The first-order valence-electron chi connectivity index (χ1n) is 6.99. The lowest BCUT2D eigenvalue weighted by molar-refractivity contribution is -0.158. The molecule has 0 bridgehead atoms. The van der Waals surface area contributed by atoms with E-state index in [9.17, 15) is 9.59 Å². The van der Waals surface area contributed by atoms with Gasteiger partial charge < -0.3 is 20.1 Å². The molecule has 21 heavy (non-hydrogen) atoms. The van der Waals surface area contributed by atoms with Gasteiger partial charge in [0, 0.05) is 19.6 Å². The minimum atomic E-state index is -0.665. The first kappa shape index (κ1) is 15.3. The van der Waals surface area contributed by atoms with Crippen LogP contribution in [-0.2, 0) is 20.9 Å². The third-order valence-electron chi connectivity index (χ3n) is 3.42. The Morgan fingerprint density at radius 1 is 1.24 bits per heavy atom. The van der Waals surface area contributed by atoms with Crippen LogP contribution in [0.3, 0.4) is 0 Å². The topological polar surface area (TPSA) is 76.7 Å². The summed E-state index contributed by atoms with van der Waals surface area (Å²) >= 11 is 0. The van der Waals surface area contributed by atoms with Crippen molar-refractivity contribution < 1.29 is 19.1 Å². The third-order valence-corrected chi connectivity index (χ3v) is 3.42. The molecule has 1 fully saturated rings. The van der Waals surface area contributed by atoms with Crippen molar-refractivity contribution in [2.24, 2.45) is 5.41 Å². The standard InChI is InChI=1S/C15H20N2O4/c1-2-20-13(18)15(9-16-10-15)11-17-14(19)21-8-12-6-4-3-5-7-12/h3-7,16H,2,8-11H2,1H3,(H,17,19). The Morgan fingerprint density at radius 2 is 1.95 bits per heavy atom. The molecule has 1 saturated heterocycles. The molecule has 114 valence electrons. The summed E-state index contributed by atoms with van der Waals surface area (Å²) in [5, 5.41) is 5.66. The average Bonchev–Trinajstić information content (AvgIpc) is 2.45. The Balaban J connectivity index is 1.76. The second-order valence-corrected chi connectivity index (χ2v) is 5.02. The number of benzene rings is 1. The van der Waals surface area contributed by atoms with E-state index in [-0.39, 0.29) is 19.1 Å². The van der Waals surface area contributed by atoms with Crippen LogP contribution in [0.4, 0.5) is 4.79 Å². The van der Waals surface area contributed by atoms with Gasteiger partial charge in [-0.3, -0.25) is 4.79 Å². The largest absolute Gasteiger partial charge is 0.465 e. The lowest BCUT2D eigenvalue weighted by Gasteiger charge is -2.39. The molecule has 2 rings (SSSR count). The fourth-order valence-electron chi connectivity index (χ4n) is 2.07. The van der Waals surface area contributed by atoms with Crippen LogP contribution in [0.15, 0.2) is 30.3 Å². The van der Waals surface area contributed by atoms with Crippen molar-refractivity contribution in [2.45, 2.75) is 13.5 Å². The van der Waals surface area contributed by atoms with Crippen LogP contribution in [-0.4, -0.2) is 38.3 Å². The highest BCUT2D eigenvalue weighted by molar-refractivity contribution is 5.80. The maximum atomic E-state index is 11.9. The molecule has 6 heteroatoms. The fraction of sp³-hybridized carbons (Fsp3) is 0.467. The average molecular weight is 292 g/mol. The molecule has 1 aromatic carbocycles. The van der Waals surface area contributed by atoms with E-state index < -0.39 is 11.5 Å². The van der Waals surface area contributed by atoms with Crippen molar-refractivity contribution in [3.8, 4) is 0 Å². The number of ether oxygens (including phenoxy) is 2. The number of hydrogen-bond acceptors (Lipinski definition) is 5. The van der Waals surface area contributed by atoms with E-state index in [1.54, 1.807) is 6.92 Å². The zero-order valence-electron chi connectivity index (χ0n) is 12.1. The molecule has 0 aromatic heterocycles. The van der Waals surface area contributed by atoms with Crippen LogP contribution < -0.4 is 10.6 Å². The SMILES string of the molecule is CCOC(=O)C1(CNC(=O)OCc2ccccc2)CNC1. The minimum Gasteiger partial charge on any atom is -0.465 e. The molecule has 0 unspecified atom stereocenters. The van der Waals surface area contributed by atoms with Crippen LogP contribution in [0.25, 0.3) is 0 Å². The molecule has 0 atom stereocenters. The quantitative estimate of drug-likeness (QED) is 0.767. The summed E-state index contributed by atoms with van der Waals surface area (Å²) in [7, 11) is 0. The number of hydrogen-bond donors (Lipinski definition) is 2. The Morgan fingerprint density at radius 3 is 2.52 bits per heavy atom. The van der Waals surface area contributed by atoms with Crippen LogP contribution in [0.1, 0.15) is 12.5 Å². The predicted octanol–water partition coefficient (Wildman–Crippen LogP) is 1.07. The number of amides is 1. The molecular weight excluding hydrogens is 272 g/mol. The first-order chi connectivity index (χ1) is 10.2. The van der Waals surface area contributed by atoms with E-state index in [2.05, 4.69) is 10.6 Å². The van der Waals surface area contributed by atoms with Gasteiger partial charge in [-0.05, 0) is 12.5 Å². The van der Waals surface area contributed by atoms with E-state index in [1.165, 1.54) is 0 Å². The summed E-state index contributed by atoms with van der Waals surface area (Å²) in [4.78, 5) is 23.6. The number of nitrogens with one attached hydrogen (secondary N) is 2. The van der Waals surface area contributed by atoms with Gasteiger partial charge in [-0.2, -0.15) is 0 Å². The zero-order valence-corrected chi connectivity index (χ0v) is 12.1. The summed E-state index contributed by atoms with van der Waals surface area (Å²) in [5.74, 6) is -0.285. The maximum Gasteiger partial charge on any atom is 0.407 e. The molecule has 1 heterocycles. The summed E-state index contributed by atoms with van der Waals surface area (Å²) in [6, 6.07) is 9.42. The van der Waals surface area contributed by atoms with Gasteiger partial charge >= 0.3 is 12.1 Å². The van der Waals surface area contributed by atoms with Crippen LogP contribution in [0.5, 0.6) is 0 Å². The Kier molecular flexibility index (Phi) is 5.16. The van der Waals surface area contributed by atoms with Crippen LogP contribution >= 0.6 is 0 Å². The molecule has 0 radical (unpaired) electrons. The molecular formula is C15H20N2O4. The van der Waals surface area contributed by atoms with Crippen molar-refractivity contribution in [1.82, 2.24) is 10.6 Å². The zero-order chi connectivity index (χ0) is 15.1. The predicted molar refractivity (Wildman–Crippen MR) is 76.6 cm³/mol. The van der Waals surface area contributed by atoms with Crippen LogP contribution in [0, 0.1) is 5.41 Å². The molecule has 1 aliphatic rings. The number of esters is 1. The Labute approximate surface area is 123 Å². The third kappa shape index (κ3) is 3.95. The van der Waals surface area contributed by atoms with Gasteiger partial charge in [0.05, 0.1) is 6.61 Å². The van der Waals surface area contributed by atoms with Gasteiger partial charge in [0.25, 0.3) is 0 Å². The molecule has 0 spiro atoms. The van der Waals surface area contributed by atoms with Crippen molar-refractivity contribution in [3.05, 3.63) is 35.9 Å². The second-order valence-electron chi connectivity index (χ2n) is 5.02. The summed E-state index contributed by atoms with van der Waals surface area (Å²) in [6.45, 7) is 3.53. The lowest BCUT2D eigenvalue weighted by Crippen LogP contribution is -2.63. The Bertz CT molecular complexity index is 486. The number of carbonyl (C=O) groups excluding carboxylic acids is 2. The van der Waals surface area contributed by atoms with Gasteiger partial charge in [0.15, 0.2) is 0 Å². The van der Waals surface area contributed by atoms with Crippen molar-refractivity contribution >= 4 is 12.1 Å². The highest BCUT2D eigenvalue weighted by atomic mass is 16.5. The first-order valence-corrected chi connectivity index (χ1v) is 6.99. The lowest BCUT2D eigenvalue weighted by atomic mass is 9.81. The summed E-state index contributed by atoms with van der Waals surface area (Å²) in [5.41, 5.74) is 0.250. The molecule has 1 amide bonds. The van der Waals surface area contributed by atoms with Crippen molar-refractivity contribution in [3.63, 3.8) is 0 Å². The molecule has 6 nitrogen and oxygen atoms in total. The van der Waals surface area contributed by atoms with Gasteiger partial charge in [0.1, 0.15) is 12.0 Å². The van der Waals surface area contributed by atoms with Gasteiger partial charge in [-0.15, -0.1) is 0 Å². The maximum absolute atomic E-state index is 11.9. The van der Waals surface area contributed by atoms with Gasteiger partial charge in [0.2, 0.25) is 0 Å². The van der Waals surface area contributed by atoms with E-state index in [0.29, 0.717) is 19.7 Å². The van der Waals surface area contributed by atoms with Gasteiger partial charge in [-0.1, -0.05) is 30.3 Å². The Hall–Kier alpha value is -2.08. The van der Waals surface area contributed by atoms with E-state index >= 15 is 0 Å². The van der Waals surface area contributed by atoms with E-state index in [1.807, 2.05) is 30.3 Å². The molecule has 0 aliphatic carbocycles. The highest BCUT2D eigenvalue weighted by Gasteiger charge is 2.46. The normalized spacial score (nSPS) is 15.7. The smallest absolute Gasteiger partial charge is 0.407 e. The molecule has 0 saturated carbocycles. The molecule has 1 aliphatic heterocycles. The number of alkyl carbamates (subject to hydrolysis) is 1. The monoisotopic (exact) mass is 292 g/mol. The second kappa shape index (κ2) is 7.08. The van der Waals surface area contributed by atoms with E-state index in [4.69, 9.17) is 9.47 Å². The number of rotatable bonds is 6. The minimum absolute atomic E-state index is 0.206. The molecule has 1 aromatic rings. The highest BCUT2D eigenvalue weighted by Crippen LogP contribution is 2.23. The van der Waals surface area contributed by atoms with E-state index in [0.717, 1.165) is 5.56 Å². The van der Waals surface area contributed by atoms with Crippen molar-refractivity contribution in [1.29, 1.82) is 0 Å². The van der Waals surface area contributed by atoms with Crippen molar-refractivity contribution in [2.75, 3.05) is 26.2 Å². The van der Waals surface area contributed by atoms with Crippen LogP contribution in [0.2, 0.25) is 0 Å².